The lowest BCUT2D eigenvalue weighted by Gasteiger charge is -2.30. The average molecular weight is 332 g/mol. The summed E-state index contributed by atoms with van der Waals surface area (Å²) in [5, 5.41) is 0. The van der Waals surface area contributed by atoms with Crippen LogP contribution in [-0.2, 0) is 4.74 Å². The zero-order chi connectivity index (χ0) is 11.4. The molecule has 0 aromatic heterocycles. The van der Waals surface area contributed by atoms with E-state index in [4.69, 9.17) is 9.47 Å². The van der Waals surface area contributed by atoms with Gasteiger partial charge in [-0.15, -0.1) is 0 Å². The number of benzene rings is 1. The molecule has 88 valence electrons. The van der Waals surface area contributed by atoms with Crippen molar-refractivity contribution in [2.24, 2.45) is 0 Å². The largest absolute Gasteiger partial charge is 0.497 e. The van der Waals surface area contributed by atoms with Crippen molar-refractivity contribution in [2.75, 3.05) is 11.5 Å². The first-order chi connectivity index (χ1) is 7.83. The van der Waals surface area contributed by atoms with E-state index in [1.807, 2.05) is 12.1 Å². The maximum atomic E-state index is 6.06. The summed E-state index contributed by atoms with van der Waals surface area (Å²) in [6, 6.07) is 8.18. The van der Waals surface area contributed by atoms with E-state index in [1.54, 1.807) is 7.11 Å². The van der Waals surface area contributed by atoms with Crippen LogP contribution in [0.25, 0.3) is 0 Å². The van der Waals surface area contributed by atoms with Gasteiger partial charge in [0.1, 0.15) is 5.75 Å². The van der Waals surface area contributed by atoms with E-state index < -0.39 is 0 Å². The Labute approximate surface area is 110 Å². The minimum Gasteiger partial charge on any atom is -0.497 e. The Bertz CT molecular complexity index is 336. The van der Waals surface area contributed by atoms with Gasteiger partial charge in [0.2, 0.25) is 0 Å². The van der Waals surface area contributed by atoms with Crippen LogP contribution < -0.4 is 4.74 Å². The molecule has 0 aliphatic heterocycles. The van der Waals surface area contributed by atoms with Crippen molar-refractivity contribution in [2.45, 2.75) is 31.5 Å². The lowest BCUT2D eigenvalue weighted by atomic mass is 9.95. The third kappa shape index (κ3) is 2.88. The van der Waals surface area contributed by atoms with Crippen LogP contribution in [0.4, 0.5) is 0 Å². The number of alkyl halides is 1. The number of hydrogen-bond donors (Lipinski definition) is 0. The third-order valence-corrected chi connectivity index (χ3v) is 3.81. The first-order valence-electron chi connectivity index (χ1n) is 5.69. The molecule has 2 nitrogen and oxygen atoms in total. The van der Waals surface area contributed by atoms with Gasteiger partial charge in [-0.1, -0.05) is 34.7 Å². The van der Waals surface area contributed by atoms with Crippen molar-refractivity contribution in [3.8, 4) is 5.75 Å². The van der Waals surface area contributed by atoms with E-state index >= 15 is 0 Å². The molecule has 1 fully saturated rings. The predicted molar refractivity (Wildman–Crippen MR) is 73.3 cm³/mol. The molecule has 1 saturated carbocycles. The summed E-state index contributed by atoms with van der Waals surface area (Å²) in [5.41, 5.74) is 1.22. The molecule has 1 aromatic rings. The van der Waals surface area contributed by atoms with Gasteiger partial charge in [0.05, 0.1) is 19.3 Å². The fourth-order valence-corrected chi connectivity index (χ4v) is 2.50. The second-order valence-electron chi connectivity index (χ2n) is 4.11. The summed E-state index contributed by atoms with van der Waals surface area (Å²) < 4.78 is 12.3. The highest BCUT2D eigenvalue weighted by atomic mass is 127. The van der Waals surface area contributed by atoms with Crippen LogP contribution in [0.15, 0.2) is 24.3 Å². The first-order valence-corrected chi connectivity index (χ1v) is 7.21. The Hall–Kier alpha value is -0.290. The number of methoxy groups -OCH3 is 1. The highest BCUT2D eigenvalue weighted by Crippen LogP contribution is 2.31. The number of hydrogen-bond acceptors (Lipinski definition) is 2. The van der Waals surface area contributed by atoms with E-state index in [9.17, 15) is 0 Å². The Balaban J connectivity index is 2.05. The SMILES string of the molecule is COc1cccc(C(CI)OC2CCC2)c1. The molecule has 3 heteroatoms. The normalized spacial score (nSPS) is 17.9. The van der Waals surface area contributed by atoms with Crippen LogP contribution in [0.2, 0.25) is 0 Å². The van der Waals surface area contributed by atoms with Gasteiger partial charge in [0.15, 0.2) is 0 Å². The minimum atomic E-state index is 0.209. The Kier molecular flexibility index (Phi) is 4.46. The van der Waals surface area contributed by atoms with Gasteiger partial charge < -0.3 is 9.47 Å². The molecule has 1 aliphatic rings. The van der Waals surface area contributed by atoms with E-state index in [2.05, 4.69) is 34.7 Å². The van der Waals surface area contributed by atoms with Gasteiger partial charge in [-0.25, -0.2) is 0 Å². The molecule has 0 heterocycles. The van der Waals surface area contributed by atoms with Crippen LogP contribution in [0.5, 0.6) is 5.75 Å². The van der Waals surface area contributed by atoms with Gasteiger partial charge in [0, 0.05) is 4.43 Å². The van der Waals surface area contributed by atoms with Crippen LogP contribution in [-0.4, -0.2) is 17.6 Å². The Morgan fingerprint density at radius 2 is 2.25 bits per heavy atom. The summed E-state index contributed by atoms with van der Waals surface area (Å²) in [4.78, 5) is 0. The quantitative estimate of drug-likeness (QED) is 0.604. The molecule has 1 unspecified atom stereocenters. The van der Waals surface area contributed by atoms with Crippen molar-refractivity contribution in [3.63, 3.8) is 0 Å². The van der Waals surface area contributed by atoms with Crippen molar-refractivity contribution in [1.82, 2.24) is 0 Å². The molecule has 1 aliphatic carbocycles. The van der Waals surface area contributed by atoms with E-state index in [1.165, 1.54) is 24.8 Å². The van der Waals surface area contributed by atoms with Crippen molar-refractivity contribution >= 4 is 22.6 Å². The fourth-order valence-electron chi connectivity index (χ4n) is 1.78. The van der Waals surface area contributed by atoms with Crippen LogP contribution in [0, 0.1) is 0 Å². The lowest BCUT2D eigenvalue weighted by molar-refractivity contribution is -0.0412. The van der Waals surface area contributed by atoms with Crippen LogP contribution in [0.3, 0.4) is 0 Å². The molecule has 0 N–H and O–H groups in total. The highest BCUT2D eigenvalue weighted by Gasteiger charge is 2.23. The molecule has 1 aromatic carbocycles. The molecule has 16 heavy (non-hydrogen) atoms. The van der Waals surface area contributed by atoms with Crippen LogP contribution in [0.1, 0.15) is 30.9 Å². The summed E-state index contributed by atoms with van der Waals surface area (Å²) in [7, 11) is 1.70. The number of ether oxygens (including phenoxy) is 2. The number of halogens is 1. The molecular formula is C13H17IO2. The standard InChI is InChI=1S/C13H17IO2/c1-15-12-7-2-4-10(8-12)13(9-14)16-11-5-3-6-11/h2,4,7-8,11,13H,3,5-6,9H2,1H3. The smallest absolute Gasteiger partial charge is 0.119 e. The van der Waals surface area contributed by atoms with Crippen molar-refractivity contribution in [3.05, 3.63) is 29.8 Å². The summed E-state index contributed by atoms with van der Waals surface area (Å²) in [6.07, 6.45) is 4.44. The minimum absolute atomic E-state index is 0.209. The fraction of sp³-hybridized carbons (Fsp3) is 0.538. The van der Waals surface area contributed by atoms with Crippen molar-refractivity contribution < 1.29 is 9.47 Å². The maximum Gasteiger partial charge on any atom is 0.119 e. The van der Waals surface area contributed by atoms with E-state index in [-0.39, 0.29) is 6.10 Å². The van der Waals surface area contributed by atoms with Gasteiger partial charge in [-0.3, -0.25) is 0 Å². The third-order valence-electron chi connectivity index (χ3n) is 3.01. The second kappa shape index (κ2) is 5.87. The first kappa shape index (κ1) is 12.2. The molecule has 0 radical (unpaired) electrons. The molecule has 0 bridgehead atoms. The molecule has 2 rings (SSSR count). The zero-order valence-corrected chi connectivity index (χ0v) is 11.6. The Morgan fingerprint density at radius 3 is 2.81 bits per heavy atom. The Morgan fingerprint density at radius 1 is 1.44 bits per heavy atom. The van der Waals surface area contributed by atoms with Crippen LogP contribution >= 0.6 is 22.6 Å². The van der Waals surface area contributed by atoms with E-state index in [0.717, 1.165) is 10.2 Å². The molecule has 1 atom stereocenters. The highest BCUT2D eigenvalue weighted by molar-refractivity contribution is 14.1. The predicted octanol–water partition coefficient (Wildman–Crippen LogP) is 3.74. The summed E-state index contributed by atoms with van der Waals surface area (Å²) in [5.74, 6) is 0.907. The lowest BCUT2D eigenvalue weighted by Crippen LogP contribution is -2.24. The monoisotopic (exact) mass is 332 g/mol. The number of rotatable bonds is 5. The summed E-state index contributed by atoms with van der Waals surface area (Å²) >= 11 is 2.38. The van der Waals surface area contributed by atoms with Gasteiger partial charge in [0.25, 0.3) is 0 Å². The molecule has 0 amide bonds. The molecule has 0 saturated heterocycles. The van der Waals surface area contributed by atoms with Gasteiger partial charge >= 0.3 is 0 Å². The molecule has 0 spiro atoms. The second-order valence-corrected chi connectivity index (χ2v) is 4.99. The topological polar surface area (TPSA) is 18.5 Å². The maximum absolute atomic E-state index is 6.06. The summed E-state index contributed by atoms with van der Waals surface area (Å²) in [6.45, 7) is 0. The van der Waals surface area contributed by atoms with E-state index in [0.29, 0.717) is 6.10 Å². The molecular weight excluding hydrogens is 315 g/mol. The van der Waals surface area contributed by atoms with Gasteiger partial charge in [-0.2, -0.15) is 0 Å². The van der Waals surface area contributed by atoms with Crippen molar-refractivity contribution in [1.29, 1.82) is 0 Å². The van der Waals surface area contributed by atoms with Gasteiger partial charge in [-0.05, 0) is 37.0 Å². The average Bonchev–Trinajstić information content (AvgIpc) is 2.28. The zero-order valence-electron chi connectivity index (χ0n) is 9.49.